The van der Waals surface area contributed by atoms with Gasteiger partial charge in [0.25, 0.3) is 0 Å². The third-order valence-corrected chi connectivity index (χ3v) is 2.29. The average molecular weight is 227 g/mol. The zero-order chi connectivity index (χ0) is 11.4. The van der Waals surface area contributed by atoms with Crippen molar-refractivity contribution in [3.05, 3.63) is 0 Å². The molecule has 0 bridgehead atoms. The van der Waals surface area contributed by atoms with Gasteiger partial charge in [0, 0.05) is 7.11 Å². The lowest BCUT2D eigenvalue weighted by atomic mass is 10.5. The van der Waals surface area contributed by atoms with E-state index in [2.05, 4.69) is 0 Å². The predicted octanol–water partition coefficient (Wildman–Crippen LogP) is -0.499. The van der Waals surface area contributed by atoms with Crippen LogP contribution in [-0.4, -0.2) is 51.9 Å². The van der Waals surface area contributed by atoms with Crippen LogP contribution in [0.25, 0.3) is 0 Å². The van der Waals surface area contributed by atoms with E-state index in [0.29, 0.717) is 0 Å². The molecular formula is C6H14NO6P. The number of aliphatic carboxylic acids is 1. The van der Waals surface area contributed by atoms with Crippen LogP contribution in [0.2, 0.25) is 0 Å². The van der Waals surface area contributed by atoms with Gasteiger partial charge in [0.15, 0.2) is 0 Å². The van der Waals surface area contributed by atoms with Gasteiger partial charge >= 0.3 is 13.6 Å². The van der Waals surface area contributed by atoms with E-state index in [-0.39, 0.29) is 0 Å². The van der Waals surface area contributed by atoms with Crippen LogP contribution in [0.4, 0.5) is 0 Å². The summed E-state index contributed by atoms with van der Waals surface area (Å²) in [5.41, 5.74) is 0. The third kappa shape index (κ3) is 6.06. The van der Waals surface area contributed by atoms with Crippen molar-refractivity contribution in [3.63, 3.8) is 0 Å². The minimum Gasteiger partial charge on any atom is -0.480 e. The quantitative estimate of drug-likeness (QED) is 0.414. The molecule has 84 valence electrons. The number of methoxy groups -OCH3 is 1. The van der Waals surface area contributed by atoms with Crippen molar-refractivity contribution >= 4 is 13.6 Å². The highest BCUT2D eigenvalue weighted by molar-refractivity contribution is 7.51. The number of hydrogen-bond donors (Lipinski definition) is 3. The predicted molar refractivity (Wildman–Crippen MR) is 47.7 cm³/mol. The average Bonchev–Trinajstić information content (AvgIpc) is 1.98. The van der Waals surface area contributed by atoms with Crippen molar-refractivity contribution < 1.29 is 29.0 Å². The van der Waals surface area contributed by atoms with Gasteiger partial charge in [0.1, 0.15) is 12.5 Å². The molecule has 0 aromatic carbocycles. The van der Waals surface area contributed by atoms with Crippen molar-refractivity contribution in [2.24, 2.45) is 0 Å². The lowest BCUT2D eigenvalue weighted by Gasteiger charge is -2.25. The van der Waals surface area contributed by atoms with E-state index in [1.54, 1.807) is 0 Å². The minimum atomic E-state index is -4.26. The highest BCUT2D eigenvalue weighted by atomic mass is 31.2. The van der Waals surface area contributed by atoms with Gasteiger partial charge in [0.05, 0.1) is 6.54 Å². The first kappa shape index (κ1) is 13.5. The maximum Gasteiger partial charge on any atom is 0.339 e. The summed E-state index contributed by atoms with van der Waals surface area (Å²) in [5, 5.41) is 8.47. The largest absolute Gasteiger partial charge is 0.480 e. The van der Waals surface area contributed by atoms with Crippen LogP contribution in [-0.2, 0) is 14.1 Å². The molecule has 1 unspecified atom stereocenters. The molecule has 3 N–H and O–H groups in total. The first-order valence-corrected chi connectivity index (χ1v) is 5.59. The van der Waals surface area contributed by atoms with Gasteiger partial charge in [-0.2, -0.15) is 0 Å². The molecule has 0 radical (unpaired) electrons. The fraction of sp³-hybridized carbons (Fsp3) is 0.833. The summed E-state index contributed by atoms with van der Waals surface area (Å²) in [6.45, 7) is 1.04. The van der Waals surface area contributed by atoms with Crippen LogP contribution in [0, 0.1) is 0 Å². The summed E-state index contributed by atoms with van der Waals surface area (Å²) in [5.74, 6) is -1.16. The topological polar surface area (TPSA) is 107 Å². The Hall–Kier alpha value is -0.460. The zero-order valence-electron chi connectivity index (χ0n) is 7.95. The molecule has 14 heavy (non-hydrogen) atoms. The van der Waals surface area contributed by atoms with Gasteiger partial charge in [-0.3, -0.25) is 14.3 Å². The van der Waals surface area contributed by atoms with Crippen molar-refractivity contribution in [3.8, 4) is 0 Å². The molecule has 8 heteroatoms. The summed E-state index contributed by atoms with van der Waals surface area (Å²) >= 11 is 0. The summed E-state index contributed by atoms with van der Waals surface area (Å²) in [6, 6.07) is 0. The summed E-state index contributed by atoms with van der Waals surface area (Å²) in [6.07, 6.45) is -1.28. The summed E-state index contributed by atoms with van der Waals surface area (Å²) in [4.78, 5) is 28.7. The molecule has 1 atom stereocenters. The Morgan fingerprint density at radius 1 is 1.57 bits per heavy atom. The van der Waals surface area contributed by atoms with Gasteiger partial charge < -0.3 is 19.6 Å². The fourth-order valence-corrected chi connectivity index (χ4v) is 1.66. The Morgan fingerprint density at radius 3 is 2.36 bits per heavy atom. The van der Waals surface area contributed by atoms with Gasteiger partial charge in [0.2, 0.25) is 0 Å². The number of rotatable bonds is 6. The number of carboxylic acid groups (broad SMARTS) is 1. The molecule has 0 aliphatic heterocycles. The van der Waals surface area contributed by atoms with E-state index in [4.69, 9.17) is 19.6 Å². The second-order valence-corrected chi connectivity index (χ2v) is 4.39. The van der Waals surface area contributed by atoms with Crippen molar-refractivity contribution in [1.29, 1.82) is 0 Å². The maximum atomic E-state index is 10.6. The molecule has 0 aliphatic carbocycles. The van der Waals surface area contributed by atoms with Gasteiger partial charge in [-0.25, -0.2) is 0 Å². The van der Waals surface area contributed by atoms with E-state index in [9.17, 15) is 9.36 Å². The molecule has 0 aliphatic rings. The molecule has 0 fully saturated rings. The monoisotopic (exact) mass is 227 g/mol. The molecule has 0 rings (SSSR count). The van der Waals surface area contributed by atoms with E-state index in [0.717, 1.165) is 4.90 Å². The molecule has 0 spiro atoms. The lowest BCUT2D eigenvalue weighted by molar-refractivity contribution is -0.141. The molecule has 0 saturated heterocycles. The Kier molecular flexibility index (Phi) is 5.25. The van der Waals surface area contributed by atoms with Crippen LogP contribution in [0.5, 0.6) is 0 Å². The lowest BCUT2D eigenvalue weighted by Crippen LogP contribution is -2.39. The van der Waals surface area contributed by atoms with Crippen molar-refractivity contribution in [2.75, 3.05) is 19.9 Å². The zero-order valence-corrected chi connectivity index (χ0v) is 8.85. The second kappa shape index (κ2) is 5.43. The van der Waals surface area contributed by atoms with Gasteiger partial charge in [-0.15, -0.1) is 0 Å². The van der Waals surface area contributed by atoms with Gasteiger partial charge in [-0.1, -0.05) is 0 Å². The van der Waals surface area contributed by atoms with Crippen LogP contribution < -0.4 is 0 Å². The van der Waals surface area contributed by atoms with Gasteiger partial charge in [-0.05, 0) is 6.92 Å². The van der Waals surface area contributed by atoms with Crippen molar-refractivity contribution in [1.82, 2.24) is 4.90 Å². The van der Waals surface area contributed by atoms with Crippen LogP contribution >= 0.6 is 7.60 Å². The maximum absolute atomic E-state index is 10.6. The van der Waals surface area contributed by atoms with Crippen molar-refractivity contribution in [2.45, 2.75) is 13.2 Å². The molecule has 0 heterocycles. The minimum absolute atomic E-state index is 0.472. The Bertz CT molecular complexity index is 238. The highest BCUT2D eigenvalue weighted by Gasteiger charge is 2.24. The number of ether oxygens (including phenoxy) is 1. The first-order chi connectivity index (χ1) is 6.26. The SMILES string of the molecule is COC(C)N(CC(=O)O)CP(=O)(O)O. The van der Waals surface area contributed by atoms with E-state index < -0.39 is 32.6 Å². The van der Waals surface area contributed by atoms with Crippen LogP contribution in [0.1, 0.15) is 6.92 Å². The molecule has 7 nitrogen and oxygen atoms in total. The number of nitrogens with zero attached hydrogens (tertiary/aromatic N) is 1. The second-order valence-electron chi connectivity index (χ2n) is 2.78. The fourth-order valence-electron chi connectivity index (χ4n) is 0.853. The molecular weight excluding hydrogens is 213 g/mol. The summed E-state index contributed by atoms with van der Waals surface area (Å²) in [7, 11) is -2.93. The van der Waals surface area contributed by atoms with E-state index in [1.165, 1.54) is 14.0 Å². The molecule has 0 aromatic heterocycles. The third-order valence-electron chi connectivity index (χ3n) is 1.56. The first-order valence-electron chi connectivity index (χ1n) is 3.79. The van der Waals surface area contributed by atoms with Crippen LogP contribution in [0.15, 0.2) is 0 Å². The molecule has 0 amide bonds. The highest BCUT2D eigenvalue weighted by Crippen LogP contribution is 2.35. The number of carbonyl (C=O) groups is 1. The normalized spacial score (nSPS) is 14.4. The van der Waals surface area contributed by atoms with E-state index in [1.807, 2.05) is 0 Å². The Labute approximate surface area is 81.4 Å². The summed E-state index contributed by atoms with van der Waals surface area (Å²) < 4.78 is 15.4. The Morgan fingerprint density at radius 2 is 2.07 bits per heavy atom. The molecule has 0 aromatic rings. The molecule has 0 saturated carbocycles. The van der Waals surface area contributed by atoms with Crippen LogP contribution in [0.3, 0.4) is 0 Å². The number of hydrogen-bond acceptors (Lipinski definition) is 4. The Balaban J connectivity index is 4.40. The smallest absolute Gasteiger partial charge is 0.339 e. The van der Waals surface area contributed by atoms with E-state index >= 15 is 0 Å². The number of carboxylic acids is 1. The standard InChI is InChI=1S/C6H14NO6P/c1-5(13-2)7(3-6(8)9)4-14(10,11)12/h5H,3-4H2,1-2H3,(H,8,9)(H2,10,11,12).